The third-order valence-electron chi connectivity index (χ3n) is 2.34. The summed E-state index contributed by atoms with van der Waals surface area (Å²) >= 11 is 3.01. The van der Waals surface area contributed by atoms with Gasteiger partial charge in [0.25, 0.3) is 0 Å². The highest BCUT2D eigenvalue weighted by Gasteiger charge is 2.24. The molecule has 0 aliphatic heterocycles. The summed E-state index contributed by atoms with van der Waals surface area (Å²) in [6.07, 6.45) is -0.714. The Labute approximate surface area is 125 Å². The maximum atomic E-state index is 13.8. The zero-order valence-corrected chi connectivity index (χ0v) is 13.4. The van der Waals surface area contributed by atoms with Gasteiger partial charge in [-0.2, -0.15) is 0 Å². The van der Waals surface area contributed by atoms with Crippen molar-refractivity contribution < 1.29 is 18.7 Å². The SMILES string of the molecule is CC(NC(=O)OC(C)(C)C)C(=O)c1cccc(Br)c1F. The molecular formula is C14H17BrFNO3. The number of amides is 1. The van der Waals surface area contributed by atoms with Gasteiger partial charge in [0.2, 0.25) is 0 Å². The van der Waals surface area contributed by atoms with Crippen molar-refractivity contribution in [3.05, 3.63) is 34.1 Å². The molecule has 1 atom stereocenters. The van der Waals surface area contributed by atoms with Crippen molar-refractivity contribution in [1.29, 1.82) is 0 Å². The van der Waals surface area contributed by atoms with E-state index in [0.29, 0.717) is 0 Å². The summed E-state index contributed by atoms with van der Waals surface area (Å²) in [6.45, 7) is 6.62. The van der Waals surface area contributed by atoms with E-state index < -0.39 is 29.3 Å². The van der Waals surface area contributed by atoms with E-state index in [4.69, 9.17) is 4.74 Å². The highest BCUT2D eigenvalue weighted by Crippen LogP contribution is 2.19. The first-order chi connectivity index (χ1) is 9.11. The second-order valence-electron chi connectivity index (χ2n) is 5.33. The monoisotopic (exact) mass is 345 g/mol. The van der Waals surface area contributed by atoms with Crippen LogP contribution >= 0.6 is 15.9 Å². The van der Waals surface area contributed by atoms with E-state index in [1.54, 1.807) is 26.8 Å². The number of hydrogen-bond donors (Lipinski definition) is 1. The topological polar surface area (TPSA) is 55.4 Å². The Balaban J connectivity index is 2.77. The minimum absolute atomic E-state index is 0.0806. The summed E-state index contributed by atoms with van der Waals surface area (Å²) in [7, 11) is 0. The zero-order valence-electron chi connectivity index (χ0n) is 11.8. The number of ketones is 1. The molecule has 1 N–H and O–H groups in total. The van der Waals surface area contributed by atoms with Gasteiger partial charge < -0.3 is 10.1 Å². The Bertz CT molecular complexity index is 526. The lowest BCUT2D eigenvalue weighted by atomic mass is 10.1. The average Bonchev–Trinajstić information content (AvgIpc) is 2.29. The fourth-order valence-electron chi connectivity index (χ4n) is 1.48. The van der Waals surface area contributed by atoms with E-state index in [1.165, 1.54) is 19.1 Å². The molecule has 110 valence electrons. The van der Waals surface area contributed by atoms with Crippen LogP contribution in [-0.2, 0) is 4.74 Å². The van der Waals surface area contributed by atoms with E-state index in [0.717, 1.165) is 0 Å². The third-order valence-corrected chi connectivity index (χ3v) is 2.96. The molecule has 1 rings (SSSR count). The summed E-state index contributed by atoms with van der Waals surface area (Å²) in [5.41, 5.74) is -0.739. The number of hydrogen-bond acceptors (Lipinski definition) is 3. The van der Waals surface area contributed by atoms with Crippen molar-refractivity contribution in [3.8, 4) is 0 Å². The van der Waals surface area contributed by atoms with Crippen LogP contribution in [0, 0.1) is 5.82 Å². The van der Waals surface area contributed by atoms with Crippen LogP contribution in [0.15, 0.2) is 22.7 Å². The van der Waals surface area contributed by atoms with Gasteiger partial charge in [0.05, 0.1) is 16.1 Å². The fourth-order valence-corrected chi connectivity index (χ4v) is 1.84. The first kappa shape index (κ1) is 16.6. The fraction of sp³-hybridized carbons (Fsp3) is 0.429. The van der Waals surface area contributed by atoms with Crippen molar-refractivity contribution in [3.63, 3.8) is 0 Å². The molecule has 1 aromatic carbocycles. The summed E-state index contributed by atoms with van der Waals surface area (Å²) in [4.78, 5) is 23.7. The van der Waals surface area contributed by atoms with Crippen molar-refractivity contribution in [1.82, 2.24) is 5.32 Å². The Morgan fingerprint density at radius 1 is 1.35 bits per heavy atom. The number of nitrogens with one attached hydrogen (secondary N) is 1. The van der Waals surface area contributed by atoms with Crippen LogP contribution in [0.25, 0.3) is 0 Å². The molecule has 0 radical (unpaired) electrons. The molecule has 0 saturated heterocycles. The normalized spacial score (nSPS) is 12.7. The van der Waals surface area contributed by atoms with Crippen LogP contribution in [-0.4, -0.2) is 23.5 Å². The molecule has 0 heterocycles. The minimum atomic E-state index is -0.881. The van der Waals surface area contributed by atoms with Crippen LogP contribution in [0.2, 0.25) is 0 Å². The first-order valence-corrected chi connectivity index (χ1v) is 6.89. The molecule has 4 nitrogen and oxygen atoms in total. The van der Waals surface area contributed by atoms with Gasteiger partial charge >= 0.3 is 6.09 Å². The zero-order chi connectivity index (χ0) is 15.5. The largest absolute Gasteiger partial charge is 0.444 e. The van der Waals surface area contributed by atoms with Gasteiger partial charge in [-0.3, -0.25) is 4.79 Å². The summed E-state index contributed by atoms with van der Waals surface area (Å²) in [6, 6.07) is 3.54. The highest BCUT2D eigenvalue weighted by atomic mass is 79.9. The van der Waals surface area contributed by atoms with E-state index >= 15 is 0 Å². The van der Waals surface area contributed by atoms with Crippen LogP contribution in [0.3, 0.4) is 0 Å². The molecule has 0 aliphatic carbocycles. The molecule has 0 saturated carbocycles. The molecule has 0 spiro atoms. The molecule has 0 aromatic heterocycles. The third kappa shape index (κ3) is 4.59. The van der Waals surface area contributed by atoms with Crippen molar-refractivity contribution in [2.45, 2.75) is 39.3 Å². The van der Waals surface area contributed by atoms with Crippen molar-refractivity contribution in [2.24, 2.45) is 0 Å². The van der Waals surface area contributed by atoms with Crippen LogP contribution in [0.4, 0.5) is 9.18 Å². The number of carbonyl (C=O) groups excluding carboxylic acids is 2. The summed E-state index contributed by atoms with van der Waals surface area (Å²) in [5.74, 6) is -1.16. The molecule has 1 aromatic rings. The van der Waals surface area contributed by atoms with Gasteiger partial charge in [-0.05, 0) is 55.8 Å². The molecule has 1 unspecified atom stereocenters. The molecular weight excluding hydrogens is 329 g/mol. The number of benzene rings is 1. The van der Waals surface area contributed by atoms with Gasteiger partial charge in [-0.1, -0.05) is 6.07 Å². The summed E-state index contributed by atoms with van der Waals surface area (Å²) < 4.78 is 19.1. The summed E-state index contributed by atoms with van der Waals surface area (Å²) in [5, 5.41) is 2.39. The van der Waals surface area contributed by atoms with E-state index in [-0.39, 0.29) is 10.0 Å². The lowest BCUT2D eigenvalue weighted by Crippen LogP contribution is -2.41. The maximum Gasteiger partial charge on any atom is 0.408 e. The predicted molar refractivity (Wildman–Crippen MR) is 77.3 cm³/mol. The number of alkyl carbamates (subject to hydrolysis) is 1. The minimum Gasteiger partial charge on any atom is -0.444 e. The number of ether oxygens (including phenoxy) is 1. The van der Waals surface area contributed by atoms with Gasteiger partial charge in [0.1, 0.15) is 11.4 Å². The number of carbonyl (C=O) groups is 2. The highest BCUT2D eigenvalue weighted by molar-refractivity contribution is 9.10. The average molecular weight is 346 g/mol. The lowest BCUT2D eigenvalue weighted by molar-refractivity contribution is 0.0496. The van der Waals surface area contributed by atoms with E-state index in [1.807, 2.05) is 0 Å². The Morgan fingerprint density at radius 2 is 1.95 bits per heavy atom. The van der Waals surface area contributed by atoms with Gasteiger partial charge in [0.15, 0.2) is 5.78 Å². The van der Waals surface area contributed by atoms with Gasteiger partial charge in [-0.25, -0.2) is 9.18 Å². The standard InChI is InChI=1S/C14H17BrFNO3/c1-8(17-13(19)20-14(2,3)4)12(18)9-6-5-7-10(15)11(9)16/h5-8H,1-4H3,(H,17,19). The number of rotatable bonds is 3. The smallest absolute Gasteiger partial charge is 0.408 e. The maximum absolute atomic E-state index is 13.8. The van der Waals surface area contributed by atoms with Crippen LogP contribution in [0.1, 0.15) is 38.1 Å². The Morgan fingerprint density at radius 3 is 2.50 bits per heavy atom. The molecule has 0 bridgehead atoms. The number of Topliss-reactive ketones (excluding diaryl/α,β-unsaturated/α-hetero) is 1. The van der Waals surface area contributed by atoms with E-state index in [9.17, 15) is 14.0 Å². The molecule has 1 amide bonds. The van der Waals surface area contributed by atoms with Crippen LogP contribution in [0.5, 0.6) is 0 Å². The molecule has 20 heavy (non-hydrogen) atoms. The van der Waals surface area contributed by atoms with E-state index in [2.05, 4.69) is 21.2 Å². The molecule has 6 heteroatoms. The van der Waals surface area contributed by atoms with Crippen molar-refractivity contribution >= 4 is 27.8 Å². The lowest BCUT2D eigenvalue weighted by Gasteiger charge is -2.21. The predicted octanol–water partition coefficient (Wildman–Crippen LogP) is 3.68. The Kier molecular flexibility index (Phi) is 5.28. The number of halogens is 2. The second kappa shape index (κ2) is 6.35. The van der Waals surface area contributed by atoms with Gasteiger partial charge in [0, 0.05) is 0 Å². The molecule has 0 aliphatic rings. The first-order valence-electron chi connectivity index (χ1n) is 6.09. The van der Waals surface area contributed by atoms with Gasteiger partial charge in [-0.15, -0.1) is 0 Å². The van der Waals surface area contributed by atoms with Crippen LogP contribution < -0.4 is 5.32 Å². The Hall–Kier alpha value is -1.43. The second-order valence-corrected chi connectivity index (χ2v) is 6.19. The van der Waals surface area contributed by atoms with Crippen molar-refractivity contribution in [2.75, 3.05) is 0 Å². The molecule has 0 fully saturated rings. The quantitative estimate of drug-likeness (QED) is 0.850.